The summed E-state index contributed by atoms with van der Waals surface area (Å²) in [6, 6.07) is 4.11. The smallest absolute Gasteiger partial charge is 0.140 e. The Bertz CT molecular complexity index is 301. The molecule has 0 fully saturated rings. The van der Waals surface area contributed by atoms with Crippen LogP contribution in [0.2, 0.25) is 0 Å². The van der Waals surface area contributed by atoms with Crippen molar-refractivity contribution in [3.05, 3.63) is 27.4 Å². The Balaban J connectivity index is 3.38. The van der Waals surface area contributed by atoms with Gasteiger partial charge in [0.15, 0.2) is 0 Å². The Kier molecular flexibility index (Phi) is 3.11. The average Bonchev–Trinajstić information content (AvgIpc) is 2.04. The highest BCUT2D eigenvalue weighted by molar-refractivity contribution is 14.1. The highest BCUT2D eigenvalue weighted by atomic mass is 127. The summed E-state index contributed by atoms with van der Waals surface area (Å²) in [4.78, 5) is 4.20. The molecule has 11 heavy (non-hydrogen) atoms. The van der Waals surface area contributed by atoms with Gasteiger partial charge in [-0.25, -0.2) is 0 Å². The minimum atomic E-state index is 0.976. The second kappa shape index (κ2) is 3.90. The minimum Gasteiger partial charge on any atom is -0.333 e. The van der Waals surface area contributed by atoms with Crippen LogP contribution < -0.4 is 5.49 Å². The molecule has 0 saturated heterocycles. The molecule has 0 radical (unpaired) electrons. The number of hydrogen-bond donors (Lipinski definition) is 0. The van der Waals surface area contributed by atoms with Gasteiger partial charge in [-0.1, -0.05) is 0 Å². The summed E-state index contributed by atoms with van der Waals surface area (Å²) in [6.07, 6.45) is 2.05. The molecular weight excluding hydrogens is 251 g/mol. The maximum absolute atomic E-state index is 4.20. The molecule has 0 bridgehead atoms. The van der Waals surface area contributed by atoms with Gasteiger partial charge in [-0.3, -0.25) is 4.99 Å². The first-order chi connectivity index (χ1) is 5.29. The molecule has 0 saturated carbocycles. The van der Waals surface area contributed by atoms with E-state index in [1.165, 1.54) is 3.57 Å². The lowest BCUT2D eigenvalue weighted by Gasteiger charge is -2.03. The first kappa shape index (κ1) is 8.77. The van der Waals surface area contributed by atoms with Gasteiger partial charge in [0.25, 0.3) is 0 Å². The third-order valence-corrected chi connectivity index (χ3v) is 2.39. The Labute approximate surface area is 80.1 Å². The third-order valence-electron chi connectivity index (χ3n) is 1.55. The fourth-order valence-electron chi connectivity index (χ4n) is 1.00. The van der Waals surface area contributed by atoms with Crippen LogP contribution in [0.15, 0.2) is 23.3 Å². The molecule has 0 amide bonds. The van der Waals surface area contributed by atoms with Crippen LogP contribution in [0.4, 0.5) is 0 Å². The molecule has 2 nitrogen and oxygen atoms in total. The topological polar surface area (TPSA) is 17.3 Å². The predicted molar refractivity (Wildman–Crippen MR) is 54.3 cm³/mol. The van der Waals surface area contributed by atoms with Crippen molar-refractivity contribution in [1.29, 1.82) is 0 Å². The zero-order chi connectivity index (χ0) is 8.27. The molecule has 1 rings (SSSR count). The molecule has 0 aliphatic heterocycles. The lowest BCUT2D eigenvalue weighted by Crippen LogP contribution is -2.21. The molecule has 3 heteroatoms. The van der Waals surface area contributed by atoms with Gasteiger partial charge < -0.3 is 4.57 Å². The maximum Gasteiger partial charge on any atom is 0.140 e. The number of aromatic nitrogens is 1. The quantitative estimate of drug-likeness (QED) is 0.685. The van der Waals surface area contributed by atoms with Gasteiger partial charge >= 0.3 is 0 Å². The van der Waals surface area contributed by atoms with Crippen LogP contribution in [-0.4, -0.2) is 11.6 Å². The highest BCUT2D eigenvalue weighted by Crippen LogP contribution is 1.95. The molecule has 1 heterocycles. The first-order valence-corrected chi connectivity index (χ1v) is 4.65. The van der Waals surface area contributed by atoms with Gasteiger partial charge in [0.1, 0.15) is 5.49 Å². The number of hydrogen-bond acceptors (Lipinski definition) is 1. The number of nitrogens with zero attached hydrogens (tertiary/aromatic N) is 2. The Morgan fingerprint density at radius 1 is 1.64 bits per heavy atom. The van der Waals surface area contributed by atoms with Crippen molar-refractivity contribution in [1.82, 2.24) is 4.57 Å². The monoisotopic (exact) mass is 262 g/mol. The summed E-state index contributed by atoms with van der Waals surface area (Å²) >= 11 is 2.29. The van der Waals surface area contributed by atoms with E-state index in [1.807, 2.05) is 19.3 Å². The molecule has 1 aromatic heterocycles. The van der Waals surface area contributed by atoms with Crippen molar-refractivity contribution in [2.45, 2.75) is 13.5 Å². The SMILES string of the molecule is CCn1cccc(I)/c1=N/C. The second-order valence-corrected chi connectivity index (χ2v) is 3.35. The Hall–Kier alpha value is -0.320. The van der Waals surface area contributed by atoms with E-state index in [2.05, 4.69) is 45.1 Å². The van der Waals surface area contributed by atoms with Crippen molar-refractivity contribution in [3.8, 4) is 0 Å². The minimum absolute atomic E-state index is 0.976. The Morgan fingerprint density at radius 3 is 2.82 bits per heavy atom. The van der Waals surface area contributed by atoms with E-state index in [9.17, 15) is 0 Å². The molecule has 0 spiro atoms. The average molecular weight is 262 g/mol. The van der Waals surface area contributed by atoms with E-state index in [0.29, 0.717) is 0 Å². The molecule has 0 N–H and O–H groups in total. The number of pyridine rings is 1. The standard InChI is InChI=1S/C8H11IN2/c1-3-11-6-4-5-7(9)8(11)10-2/h4-6H,3H2,1-2H3/b10-8-. The zero-order valence-electron chi connectivity index (χ0n) is 6.71. The second-order valence-electron chi connectivity index (χ2n) is 2.19. The summed E-state index contributed by atoms with van der Waals surface area (Å²) in [7, 11) is 1.82. The molecule has 0 aliphatic rings. The summed E-state index contributed by atoms with van der Waals surface area (Å²) < 4.78 is 3.33. The van der Waals surface area contributed by atoms with E-state index in [-0.39, 0.29) is 0 Å². The molecule has 0 unspecified atom stereocenters. The predicted octanol–water partition coefficient (Wildman–Crippen LogP) is 1.64. The van der Waals surface area contributed by atoms with E-state index in [0.717, 1.165) is 12.0 Å². The number of halogens is 1. The Morgan fingerprint density at radius 2 is 2.36 bits per heavy atom. The molecule has 60 valence electrons. The number of aryl methyl sites for hydroxylation is 1. The molecule has 0 aliphatic carbocycles. The largest absolute Gasteiger partial charge is 0.333 e. The molecular formula is C8H11IN2. The highest BCUT2D eigenvalue weighted by Gasteiger charge is 1.92. The zero-order valence-corrected chi connectivity index (χ0v) is 8.87. The van der Waals surface area contributed by atoms with Crippen molar-refractivity contribution < 1.29 is 0 Å². The lowest BCUT2D eigenvalue weighted by molar-refractivity contribution is 0.704. The third kappa shape index (κ3) is 1.83. The van der Waals surface area contributed by atoms with Crippen LogP contribution in [0.25, 0.3) is 0 Å². The van der Waals surface area contributed by atoms with Crippen molar-refractivity contribution in [2.24, 2.45) is 4.99 Å². The summed E-state index contributed by atoms with van der Waals surface area (Å²) in [5.74, 6) is 0. The van der Waals surface area contributed by atoms with Crippen LogP contribution >= 0.6 is 22.6 Å². The lowest BCUT2D eigenvalue weighted by atomic mass is 10.4. The fraction of sp³-hybridized carbons (Fsp3) is 0.375. The van der Waals surface area contributed by atoms with E-state index in [4.69, 9.17) is 0 Å². The normalized spacial score (nSPS) is 12.1. The van der Waals surface area contributed by atoms with Gasteiger partial charge in [-0.15, -0.1) is 0 Å². The van der Waals surface area contributed by atoms with Crippen LogP contribution in [0.3, 0.4) is 0 Å². The van der Waals surface area contributed by atoms with Gasteiger partial charge in [0.05, 0.1) is 3.57 Å². The number of rotatable bonds is 1. The van der Waals surface area contributed by atoms with Gasteiger partial charge in [0, 0.05) is 19.8 Å². The van der Waals surface area contributed by atoms with E-state index >= 15 is 0 Å². The summed E-state index contributed by atoms with van der Waals surface area (Å²) in [5.41, 5.74) is 1.07. The van der Waals surface area contributed by atoms with Crippen LogP contribution in [0, 0.1) is 3.57 Å². The van der Waals surface area contributed by atoms with E-state index in [1.54, 1.807) is 0 Å². The van der Waals surface area contributed by atoms with Crippen molar-refractivity contribution in [3.63, 3.8) is 0 Å². The van der Waals surface area contributed by atoms with Crippen molar-refractivity contribution >= 4 is 22.6 Å². The van der Waals surface area contributed by atoms with Crippen molar-refractivity contribution in [2.75, 3.05) is 7.05 Å². The molecule has 1 aromatic rings. The van der Waals surface area contributed by atoms with Crippen LogP contribution in [0.1, 0.15) is 6.92 Å². The summed E-state index contributed by atoms with van der Waals surface area (Å²) in [6.45, 7) is 3.09. The summed E-state index contributed by atoms with van der Waals surface area (Å²) in [5, 5.41) is 0. The van der Waals surface area contributed by atoms with E-state index < -0.39 is 0 Å². The fourth-order valence-corrected chi connectivity index (χ4v) is 1.76. The van der Waals surface area contributed by atoms with Crippen LogP contribution in [0.5, 0.6) is 0 Å². The van der Waals surface area contributed by atoms with Gasteiger partial charge in [0.2, 0.25) is 0 Å². The van der Waals surface area contributed by atoms with Gasteiger partial charge in [-0.05, 0) is 41.6 Å². The van der Waals surface area contributed by atoms with Crippen LogP contribution in [-0.2, 0) is 6.54 Å². The first-order valence-electron chi connectivity index (χ1n) is 3.57. The molecule has 0 atom stereocenters. The maximum atomic E-state index is 4.20. The molecule has 0 aromatic carbocycles. The van der Waals surface area contributed by atoms with Gasteiger partial charge in [-0.2, -0.15) is 0 Å².